The number of benzene rings is 3. The summed E-state index contributed by atoms with van der Waals surface area (Å²) in [6.45, 7) is 4.26. The Kier molecular flexibility index (Phi) is 10.4. The first-order valence-electron chi connectivity index (χ1n) is 12.3. The van der Waals surface area contributed by atoms with E-state index in [0.717, 1.165) is 9.21 Å². The lowest BCUT2D eigenvalue weighted by Crippen LogP contribution is -2.52. The molecule has 3 aromatic rings. The molecule has 0 aliphatic carbocycles. The molecule has 0 radical (unpaired) electrons. The van der Waals surface area contributed by atoms with Gasteiger partial charge < -0.3 is 10.2 Å². The van der Waals surface area contributed by atoms with Crippen molar-refractivity contribution in [3.8, 4) is 0 Å². The highest BCUT2D eigenvalue weighted by Gasteiger charge is 2.34. The van der Waals surface area contributed by atoms with E-state index in [2.05, 4.69) is 5.32 Å². The number of halogens is 3. The van der Waals surface area contributed by atoms with Crippen LogP contribution in [-0.4, -0.2) is 43.8 Å². The van der Waals surface area contributed by atoms with Gasteiger partial charge in [-0.2, -0.15) is 0 Å². The van der Waals surface area contributed by atoms with Crippen molar-refractivity contribution in [1.82, 2.24) is 10.2 Å². The number of anilines is 1. The molecule has 0 aliphatic heterocycles. The predicted molar refractivity (Wildman–Crippen MR) is 152 cm³/mol. The SMILES string of the molecule is CCC(C)NC(=O)C(C)N(Cc1ccccc1F)C(=O)CN(c1cccc(Cl)c1Cl)S(=O)(=O)c1ccccc1. The van der Waals surface area contributed by atoms with Gasteiger partial charge in [-0.25, -0.2) is 12.8 Å². The van der Waals surface area contributed by atoms with Gasteiger partial charge in [0.05, 0.1) is 20.6 Å². The van der Waals surface area contributed by atoms with Gasteiger partial charge in [0.1, 0.15) is 18.4 Å². The first kappa shape index (κ1) is 30.4. The van der Waals surface area contributed by atoms with Gasteiger partial charge in [-0.15, -0.1) is 0 Å². The van der Waals surface area contributed by atoms with E-state index in [1.54, 1.807) is 24.3 Å². The number of nitrogens with zero attached hydrogens (tertiary/aromatic N) is 2. The number of hydrogen-bond donors (Lipinski definition) is 1. The Morgan fingerprint density at radius 1 is 0.949 bits per heavy atom. The van der Waals surface area contributed by atoms with Gasteiger partial charge in [0, 0.05) is 18.2 Å². The smallest absolute Gasteiger partial charge is 0.264 e. The molecule has 0 fully saturated rings. The summed E-state index contributed by atoms with van der Waals surface area (Å²) in [5.41, 5.74) is 0.163. The zero-order chi connectivity index (χ0) is 28.7. The first-order valence-corrected chi connectivity index (χ1v) is 14.5. The molecular weight excluding hydrogens is 564 g/mol. The number of rotatable bonds is 11. The van der Waals surface area contributed by atoms with Crippen molar-refractivity contribution in [2.75, 3.05) is 10.8 Å². The standard InChI is InChI=1S/C28H30Cl2FN3O4S/c1-4-19(2)32-28(36)20(3)33(17-21-11-8-9-15-24(21)31)26(35)18-34(25-16-10-14-23(29)27(25)30)39(37,38)22-12-6-5-7-13-22/h5-16,19-20H,4,17-18H2,1-3H3,(H,32,36). The summed E-state index contributed by atoms with van der Waals surface area (Å²) < 4.78 is 43.0. The number of sulfonamides is 1. The van der Waals surface area contributed by atoms with Gasteiger partial charge in [0.2, 0.25) is 11.8 Å². The van der Waals surface area contributed by atoms with Crippen LogP contribution < -0.4 is 9.62 Å². The number of carbonyl (C=O) groups is 2. The van der Waals surface area contributed by atoms with Crippen LogP contribution in [0.5, 0.6) is 0 Å². The van der Waals surface area contributed by atoms with Gasteiger partial charge in [-0.1, -0.05) is 72.6 Å². The van der Waals surface area contributed by atoms with Crippen molar-refractivity contribution >= 4 is 50.7 Å². The molecule has 0 bridgehead atoms. The van der Waals surface area contributed by atoms with Crippen LogP contribution in [0, 0.1) is 5.82 Å². The highest BCUT2D eigenvalue weighted by atomic mass is 35.5. The second-order valence-corrected chi connectivity index (χ2v) is 11.7. The summed E-state index contributed by atoms with van der Waals surface area (Å²) in [7, 11) is -4.30. The first-order chi connectivity index (χ1) is 18.5. The molecule has 2 amide bonds. The molecule has 2 unspecified atom stereocenters. The quantitative estimate of drug-likeness (QED) is 0.311. The molecule has 0 saturated heterocycles. The number of amides is 2. The summed E-state index contributed by atoms with van der Waals surface area (Å²) in [4.78, 5) is 28.0. The highest BCUT2D eigenvalue weighted by Crippen LogP contribution is 2.35. The lowest BCUT2D eigenvalue weighted by Gasteiger charge is -2.32. The summed E-state index contributed by atoms with van der Waals surface area (Å²) in [6, 6.07) is 16.7. The molecule has 7 nitrogen and oxygen atoms in total. The molecule has 39 heavy (non-hydrogen) atoms. The maximum atomic E-state index is 14.6. The molecule has 1 N–H and O–H groups in total. The van der Waals surface area contributed by atoms with E-state index in [4.69, 9.17) is 23.2 Å². The normalized spacial score (nSPS) is 12.9. The Morgan fingerprint density at radius 2 is 1.59 bits per heavy atom. The third kappa shape index (κ3) is 7.29. The van der Waals surface area contributed by atoms with Crippen molar-refractivity contribution in [1.29, 1.82) is 0 Å². The molecule has 0 aromatic heterocycles. The number of nitrogens with one attached hydrogen (secondary N) is 1. The average Bonchev–Trinajstić information content (AvgIpc) is 2.92. The minimum atomic E-state index is -4.30. The topological polar surface area (TPSA) is 86.8 Å². The van der Waals surface area contributed by atoms with Gasteiger partial charge in [-0.3, -0.25) is 13.9 Å². The van der Waals surface area contributed by atoms with Crippen molar-refractivity contribution in [3.05, 3.63) is 94.2 Å². The fraction of sp³-hybridized carbons (Fsp3) is 0.286. The molecular formula is C28H30Cl2FN3O4S. The molecule has 0 saturated carbocycles. The maximum Gasteiger partial charge on any atom is 0.264 e. The molecule has 3 aromatic carbocycles. The predicted octanol–water partition coefficient (Wildman–Crippen LogP) is 5.66. The fourth-order valence-electron chi connectivity index (χ4n) is 3.78. The minimum Gasteiger partial charge on any atom is -0.352 e. The van der Waals surface area contributed by atoms with E-state index in [-0.39, 0.29) is 38.8 Å². The monoisotopic (exact) mass is 593 g/mol. The summed E-state index contributed by atoms with van der Waals surface area (Å²) in [6.07, 6.45) is 0.663. The van der Waals surface area contributed by atoms with Crippen LogP contribution in [0.4, 0.5) is 10.1 Å². The fourth-order valence-corrected chi connectivity index (χ4v) is 5.67. The van der Waals surface area contributed by atoms with Crippen molar-refractivity contribution in [2.24, 2.45) is 0 Å². The summed E-state index contributed by atoms with van der Waals surface area (Å²) >= 11 is 12.6. The molecule has 0 heterocycles. The van der Waals surface area contributed by atoms with Crippen molar-refractivity contribution in [2.45, 2.75) is 50.7 Å². The third-order valence-electron chi connectivity index (χ3n) is 6.28. The summed E-state index contributed by atoms with van der Waals surface area (Å²) in [5, 5.41) is 2.86. The Labute approximate surface area is 238 Å². The van der Waals surface area contributed by atoms with Crippen LogP contribution in [0.3, 0.4) is 0 Å². The Bertz CT molecular complexity index is 1420. The average molecular weight is 595 g/mol. The van der Waals surface area contributed by atoms with Crippen molar-refractivity contribution in [3.63, 3.8) is 0 Å². The second-order valence-electron chi connectivity index (χ2n) is 9.00. The van der Waals surface area contributed by atoms with Crippen LogP contribution >= 0.6 is 23.2 Å². The van der Waals surface area contributed by atoms with Crippen LogP contribution in [0.15, 0.2) is 77.7 Å². The lowest BCUT2D eigenvalue weighted by molar-refractivity contribution is -0.139. The second kappa shape index (κ2) is 13.3. The van der Waals surface area contributed by atoms with E-state index < -0.39 is 40.2 Å². The largest absolute Gasteiger partial charge is 0.352 e. The van der Waals surface area contributed by atoms with E-state index >= 15 is 0 Å². The van der Waals surface area contributed by atoms with Gasteiger partial charge in [-0.05, 0) is 50.6 Å². The number of hydrogen-bond acceptors (Lipinski definition) is 4. The van der Waals surface area contributed by atoms with Crippen LogP contribution in [0.1, 0.15) is 32.8 Å². The molecule has 3 rings (SSSR count). The van der Waals surface area contributed by atoms with Gasteiger partial charge in [0.15, 0.2) is 0 Å². The number of carbonyl (C=O) groups excluding carboxylic acids is 2. The maximum absolute atomic E-state index is 14.6. The van der Waals surface area contributed by atoms with E-state index in [1.807, 2.05) is 13.8 Å². The zero-order valence-corrected chi connectivity index (χ0v) is 24.1. The highest BCUT2D eigenvalue weighted by molar-refractivity contribution is 7.92. The van der Waals surface area contributed by atoms with Gasteiger partial charge in [0.25, 0.3) is 10.0 Å². The zero-order valence-electron chi connectivity index (χ0n) is 21.8. The van der Waals surface area contributed by atoms with Crippen LogP contribution in [0.2, 0.25) is 10.0 Å². The molecule has 208 valence electrons. The molecule has 0 aliphatic rings. The van der Waals surface area contributed by atoms with Crippen molar-refractivity contribution < 1.29 is 22.4 Å². The van der Waals surface area contributed by atoms with E-state index in [1.165, 1.54) is 55.5 Å². The van der Waals surface area contributed by atoms with E-state index in [0.29, 0.717) is 6.42 Å². The van der Waals surface area contributed by atoms with E-state index in [9.17, 15) is 22.4 Å². The third-order valence-corrected chi connectivity index (χ3v) is 8.86. The Balaban J connectivity index is 2.07. The van der Waals surface area contributed by atoms with Gasteiger partial charge >= 0.3 is 0 Å². The Hall–Kier alpha value is -3.14. The summed E-state index contributed by atoms with van der Waals surface area (Å²) in [5.74, 6) is -1.75. The van der Waals surface area contributed by atoms with Crippen LogP contribution in [-0.2, 0) is 26.2 Å². The minimum absolute atomic E-state index is 0.0103. The Morgan fingerprint density at radius 3 is 2.23 bits per heavy atom. The van der Waals surface area contributed by atoms with Crippen LogP contribution in [0.25, 0.3) is 0 Å². The molecule has 11 heteroatoms. The molecule has 0 spiro atoms. The lowest BCUT2D eigenvalue weighted by atomic mass is 10.1. The molecule has 2 atom stereocenters.